The molecule has 0 aromatic heterocycles. The van der Waals surface area contributed by atoms with E-state index in [4.69, 9.17) is 0 Å². The van der Waals surface area contributed by atoms with Gasteiger partial charge in [0.25, 0.3) is 0 Å². The van der Waals surface area contributed by atoms with Gasteiger partial charge in [0.15, 0.2) is 0 Å². The summed E-state index contributed by atoms with van der Waals surface area (Å²) in [5, 5.41) is 19.3. The minimum Gasteiger partial charge on any atom is -0.508 e. The van der Waals surface area contributed by atoms with E-state index < -0.39 is 0 Å². The van der Waals surface area contributed by atoms with E-state index in [0.29, 0.717) is 5.75 Å². The second kappa shape index (κ2) is 6.10. The molecular formula is C20H20O2. The number of phenols is 2. The third-order valence-electron chi connectivity index (χ3n) is 4.13. The van der Waals surface area contributed by atoms with Gasteiger partial charge in [-0.05, 0) is 78.3 Å². The third kappa shape index (κ3) is 2.77. The van der Waals surface area contributed by atoms with E-state index in [2.05, 4.69) is 12.2 Å². The molecule has 0 atom stereocenters. The summed E-state index contributed by atoms with van der Waals surface area (Å²) < 4.78 is 0. The monoisotopic (exact) mass is 292 g/mol. The van der Waals surface area contributed by atoms with Crippen molar-refractivity contribution in [3.05, 3.63) is 71.3 Å². The maximum absolute atomic E-state index is 9.75. The molecule has 0 bridgehead atoms. The van der Waals surface area contributed by atoms with Gasteiger partial charge in [0.2, 0.25) is 0 Å². The van der Waals surface area contributed by atoms with Crippen LogP contribution in [0.15, 0.2) is 54.6 Å². The van der Waals surface area contributed by atoms with Crippen molar-refractivity contribution in [1.82, 2.24) is 0 Å². The summed E-state index contributed by atoms with van der Waals surface area (Å²) in [4.78, 5) is 0. The van der Waals surface area contributed by atoms with E-state index >= 15 is 0 Å². The number of aromatic hydroxyl groups is 2. The first-order chi connectivity index (χ1) is 10.7. The van der Waals surface area contributed by atoms with Gasteiger partial charge < -0.3 is 10.2 Å². The van der Waals surface area contributed by atoms with Crippen LogP contribution in [0.4, 0.5) is 0 Å². The fourth-order valence-corrected chi connectivity index (χ4v) is 3.12. The molecule has 22 heavy (non-hydrogen) atoms. The van der Waals surface area contributed by atoms with Gasteiger partial charge in [0.1, 0.15) is 11.5 Å². The molecule has 1 aliphatic rings. The molecule has 1 aliphatic carbocycles. The summed E-state index contributed by atoms with van der Waals surface area (Å²) in [7, 11) is 0. The predicted molar refractivity (Wildman–Crippen MR) is 90.8 cm³/mol. The minimum atomic E-state index is 0.288. The quantitative estimate of drug-likeness (QED) is 0.824. The van der Waals surface area contributed by atoms with Gasteiger partial charge in [-0.2, -0.15) is 0 Å². The molecule has 0 spiro atoms. The molecule has 0 aliphatic heterocycles. The summed E-state index contributed by atoms with van der Waals surface area (Å²) in [5.74, 6) is 0.613. The number of fused-ring (bicyclic) bond motifs is 1. The molecule has 2 aromatic carbocycles. The number of aryl methyl sites for hydroxylation is 1. The number of hydrogen-bond acceptors (Lipinski definition) is 2. The summed E-state index contributed by atoms with van der Waals surface area (Å²) >= 11 is 0. The van der Waals surface area contributed by atoms with Gasteiger partial charge in [0.05, 0.1) is 0 Å². The van der Waals surface area contributed by atoms with E-state index in [9.17, 15) is 10.2 Å². The van der Waals surface area contributed by atoms with Gasteiger partial charge in [-0.3, -0.25) is 0 Å². The zero-order valence-corrected chi connectivity index (χ0v) is 12.7. The molecular weight excluding hydrogens is 272 g/mol. The number of hydrogen-bond donors (Lipinski definition) is 2. The highest BCUT2D eigenvalue weighted by atomic mass is 16.3. The van der Waals surface area contributed by atoms with Crippen molar-refractivity contribution in [2.45, 2.75) is 26.2 Å². The number of phenolic OH excluding ortho intramolecular Hbond substituents is 2. The Morgan fingerprint density at radius 3 is 2.36 bits per heavy atom. The second-order valence-corrected chi connectivity index (χ2v) is 5.63. The van der Waals surface area contributed by atoms with Crippen LogP contribution in [0.1, 0.15) is 36.5 Å². The van der Waals surface area contributed by atoms with Gasteiger partial charge in [-0.1, -0.05) is 30.4 Å². The van der Waals surface area contributed by atoms with Crippen molar-refractivity contribution < 1.29 is 10.2 Å². The average molecular weight is 292 g/mol. The van der Waals surface area contributed by atoms with E-state index in [1.165, 1.54) is 22.3 Å². The van der Waals surface area contributed by atoms with Crippen molar-refractivity contribution in [1.29, 1.82) is 0 Å². The number of benzene rings is 2. The Morgan fingerprint density at radius 1 is 0.909 bits per heavy atom. The van der Waals surface area contributed by atoms with Crippen LogP contribution in [0, 0.1) is 0 Å². The van der Waals surface area contributed by atoms with Crippen LogP contribution < -0.4 is 0 Å². The smallest absolute Gasteiger partial charge is 0.115 e. The molecule has 2 heteroatoms. The van der Waals surface area contributed by atoms with Crippen LogP contribution >= 0.6 is 0 Å². The topological polar surface area (TPSA) is 40.5 Å². The van der Waals surface area contributed by atoms with Crippen LogP contribution in [0.25, 0.3) is 11.1 Å². The lowest BCUT2D eigenvalue weighted by Crippen LogP contribution is -1.91. The number of allylic oxidation sites excluding steroid dienone is 4. The van der Waals surface area contributed by atoms with Crippen molar-refractivity contribution >= 4 is 11.1 Å². The molecule has 0 radical (unpaired) electrons. The summed E-state index contributed by atoms with van der Waals surface area (Å²) in [5.41, 5.74) is 6.04. The van der Waals surface area contributed by atoms with Crippen molar-refractivity contribution in [2.75, 3.05) is 0 Å². The van der Waals surface area contributed by atoms with E-state index in [1.807, 2.05) is 31.2 Å². The van der Waals surface area contributed by atoms with Crippen LogP contribution in [0.5, 0.6) is 11.5 Å². The molecule has 0 unspecified atom stereocenters. The highest BCUT2D eigenvalue weighted by molar-refractivity contribution is 5.97. The van der Waals surface area contributed by atoms with Crippen LogP contribution in [0.3, 0.4) is 0 Å². The Hall–Kier alpha value is -2.48. The summed E-state index contributed by atoms with van der Waals surface area (Å²) in [6, 6.07) is 13.0. The second-order valence-electron chi connectivity index (χ2n) is 5.63. The summed E-state index contributed by atoms with van der Waals surface area (Å²) in [6.07, 6.45) is 7.20. The molecule has 0 amide bonds. The van der Waals surface area contributed by atoms with E-state index in [0.717, 1.165) is 24.8 Å². The van der Waals surface area contributed by atoms with Gasteiger partial charge >= 0.3 is 0 Å². The largest absolute Gasteiger partial charge is 0.508 e. The highest BCUT2D eigenvalue weighted by Gasteiger charge is 2.17. The lowest BCUT2D eigenvalue weighted by molar-refractivity contribution is 0.474. The summed E-state index contributed by atoms with van der Waals surface area (Å²) in [6.45, 7) is 2.02. The molecule has 112 valence electrons. The molecule has 0 heterocycles. The van der Waals surface area contributed by atoms with Gasteiger partial charge in [-0.25, -0.2) is 0 Å². The Kier molecular flexibility index (Phi) is 4.01. The maximum atomic E-state index is 9.75. The lowest BCUT2D eigenvalue weighted by Gasteiger charge is -2.13. The van der Waals surface area contributed by atoms with Crippen LogP contribution in [-0.4, -0.2) is 10.2 Å². The maximum Gasteiger partial charge on any atom is 0.115 e. The van der Waals surface area contributed by atoms with Crippen molar-refractivity contribution in [3.63, 3.8) is 0 Å². The zero-order valence-electron chi connectivity index (χ0n) is 12.7. The standard InChI is InChI=1S/C20H20O2/c1-2-4-20-18(14-7-9-16(21)10-8-14)6-3-5-15-13-17(22)11-12-19(15)20/h2,4,7-13,21-22H,3,5-6H2,1H3/b4-2-. The molecule has 0 saturated carbocycles. The highest BCUT2D eigenvalue weighted by Crippen LogP contribution is 2.38. The fraction of sp³-hybridized carbons (Fsp3) is 0.200. The molecule has 3 rings (SSSR count). The van der Waals surface area contributed by atoms with E-state index in [-0.39, 0.29) is 5.75 Å². The van der Waals surface area contributed by atoms with Crippen LogP contribution in [-0.2, 0) is 6.42 Å². The first-order valence-corrected chi connectivity index (χ1v) is 7.66. The van der Waals surface area contributed by atoms with E-state index in [1.54, 1.807) is 18.2 Å². The first-order valence-electron chi connectivity index (χ1n) is 7.66. The lowest BCUT2D eigenvalue weighted by atomic mass is 9.92. The molecule has 2 aromatic rings. The van der Waals surface area contributed by atoms with Crippen molar-refractivity contribution in [3.8, 4) is 11.5 Å². The first kappa shape index (κ1) is 14.5. The van der Waals surface area contributed by atoms with Gasteiger partial charge in [0, 0.05) is 0 Å². The zero-order chi connectivity index (χ0) is 15.5. The van der Waals surface area contributed by atoms with Gasteiger partial charge in [-0.15, -0.1) is 0 Å². The Bertz CT molecular complexity index is 737. The number of rotatable bonds is 2. The molecule has 0 saturated heterocycles. The Morgan fingerprint density at radius 2 is 1.64 bits per heavy atom. The SMILES string of the molecule is C/C=C\C1=C(c2ccc(O)cc2)CCCc2cc(O)ccc21. The Labute approximate surface area is 131 Å². The van der Waals surface area contributed by atoms with Crippen LogP contribution in [0.2, 0.25) is 0 Å². The Balaban J connectivity index is 2.21. The molecule has 2 N–H and O–H groups in total. The van der Waals surface area contributed by atoms with Crippen molar-refractivity contribution in [2.24, 2.45) is 0 Å². The third-order valence-corrected chi connectivity index (χ3v) is 4.13. The molecule has 0 fully saturated rings. The fourth-order valence-electron chi connectivity index (χ4n) is 3.12. The molecule has 2 nitrogen and oxygen atoms in total. The predicted octanol–water partition coefficient (Wildman–Crippen LogP) is 4.92. The normalized spacial score (nSPS) is 15.0. The average Bonchev–Trinajstić information content (AvgIpc) is 2.68. The minimum absolute atomic E-state index is 0.288.